The molecular formula is C38H24N2O. The monoisotopic (exact) mass is 524 g/mol. The van der Waals surface area contributed by atoms with E-state index in [1.165, 1.54) is 10.8 Å². The molecule has 41 heavy (non-hydrogen) atoms. The quantitative estimate of drug-likeness (QED) is 0.230. The highest BCUT2D eigenvalue weighted by molar-refractivity contribution is 6.11. The van der Waals surface area contributed by atoms with Gasteiger partial charge in [0.25, 0.3) is 0 Å². The van der Waals surface area contributed by atoms with Gasteiger partial charge in [-0.25, -0.2) is 9.97 Å². The van der Waals surface area contributed by atoms with Gasteiger partial charge in [-0.2, -0.15) is 0 Å². The molecule has 0 spiro atoms. The van der Waals surface area contributed by atoms with Crippen molar-refractivity contribution in [1.29, 1.82) is 0 Å². The zero-order valence-electron chi connectivity index (χ0n) is 22.2. The van der Waals surface area contributed by atoms with Gasteiger partial charge in [-0.3, -0.25) is 0 Å². The van der Waals surface area contributed by atoms with Crippen molar-refractivity contribution in [3.05, 3.63) is 146 Å². The first-order valence-corrected chi connectivity index (χ1v) is 13.7. The SMILES string of the molecule is c1ccc(-c2cc(-c3cc(-c4ccc5ccccc5c4)cc4c3oc3ccccc34)nc(-c3ccccc3)n2)cc1. The van der Waals surface area contributed by atoms with Crippen LogP contribution in [-0.2, 0) is 0 Å². The Labute approximate surface area is 237 Å². The number of nitrogens with zero attached hydrogens (tertiary/aromatic N) is 2. The van der Waals surface area contributed by atoms with Gasteiger partial charge >= 0.3 is 0 Å². The van der Waals surface area contributed by atoms with Crippen molar-refractivity contribution < 1.29 is 4.42 Å². The molecule has 0 aliphatic carbocycles. The van der Waals surface area contributed by atoms with E-state index in [1.54, 1.807) is 0 Å². The lowest BCUT2D eigenvalue weighted by molar-refractivity contribution is 0.670. The second-order valence-electron chi connectivity index (χ2n) is 10.3. The number of hydrogen-bond donors (Lipinski definition) is 0. The summed E-state index contributed by atoms with van der Waals surface area (Å²) in [5, 5.41) is 4.60. The maximum Gasteiger partial charge on any atom is 0.160 e. The molecule has 0 saturated carbocycles. The Morgan fingerprint density at radius 2 is 1.10 bits per heavy atom. The molecule has 0 bridgehead atoms. The normalized spacial score (nSPS) is 11.4. The molecule has 8 aromatic rings. The number of aromatic nitrogens is 2. The summed E-state index contributed by atoms with van der Waals surface area (Å²) in [6.07, 6.45) is 0. The number of rotatable bonds is 4. The van der Waals surface area contributed by atoms with E-state index in [0.29, 0.717) is 5.82 Å². The average Bonchev–Trinajstić information content (AvgIpc) is 3.43. The Balaban J connectivity index is 1.43. The van der Waals surface area contributed by atoms with Crippen molar-refractivity contribution in [3.63, 3.8) is 0 Å². The molecule has 0 saturated heterocycles. The lowest BCUT2D eigenvalue weighted by Crippen LogP contribution is -1.96. The van der Waals surface area contributed by atoms with Crippen LogP contribution < -0.4 is 0 Å². The fourth-order valence-corrected chi connectivity index (χ4v) is 5.61. The highest BCUT2D eigenvalue weighted by atomic mass is 16.3. The van der Waals surface area contributed by atoms with Crippen LogP contribution in [0.2, 0.25) is 0 Å². The van der Waals surface area contributed by atoms with Crippen molar-refractivity contribution in [2.24, 2.45) is 0 Å². The fraction of sp³-hybridized carbons (Fsp3) is 0. The minimum absolute atomic E-state index is 0.683. The summed E-state index contributed by atoms with van der Waals surface area (Å²) >= 11 is 0. The zero-order chi connectivity index (χ0) is 27.2. The minimum Gasteiger partial charge on any atom is -0.455 e. The van der Waals surface area contributed by atoms with Gasteiger partial charge in [0.15, 0.2) is 5.82 Å². The first-order chi connectivity index (χ1) is 20.3. The number of para-hydroxylation sites is 1. The maximum absolute atomic E-state index is 6.53. The number of hydrogen-bond acceptors (Lipinski definition) is 3. The van der Waals surface area contributed by atoms with Crippen LogP contribution in [-0.4, -0.2) is 9.97 Å². The molecule has 0 N–H and O–H groups in total. The van der Waals surface area contributed by atoms with E-state index in [1.807, 2.05) is 48.5 Å². The van der Waals surface area contributed by atoms with Crippen LogP contribution in [0.25, 0.3) is 77.7 Å². The van der Waals surface area contributed by atoms with Gasteiger partial charge in [0.05, 0.1) is 11.4 Å². The molecule has 0 radical (unpaired) electrons. The Hall–Kier alpha value is -5.54. The molecule has 0 aliphatic rings. The molecule has 6 aromatic carbocycles. The van der Waals surface area contributed by atoms with Gasteiger partial charge in [0, 0.05) is 27.5 Å². The van der Waals surface area contributed by atoms with E-state index < -0.39 is 0 Å². The molecule has 3 heteroatoms. The molecule has 8 rings (SSSR count). The maximum atomic E-state index is 6.53. The van der Waals surface area contributed by atoms with Crippen molar-refractivity contribution in [3.8, 4) is 45.0 Å². The summed E-state index contributed by atoms with van der Waals surface area (Å²) in [5.74, 6) is 0.683. The molecule has 0 atom stereocenters. The van der Waals surface area contributed by atoms with Gasteiger partial charge in [-0.1, -0.05) is 115 Å². The Bertz CT molecular complexity index is 2140. The van der Waals surface area contributed by atoms with Gasteiger partial charge in [0.1, 0.15) is 11.2 Å². The summed E-state index contributed by atoms with van der Waals surface area (Å²) in [6, 6.07) is 50.3. The van der Waals surface area contributed by atoms with E-state index in [4.69, 9.17) is 14.4 Å². The summed E-state index contributed by atoms with van der Waals surface area (Å²) in [5.41, 5.74) is 8.60. The standard InChI is InChI=1S/C38H24N2O/c1-3-12-26(13-4-1)34-24-35(40-38(39-34)27-14-5-2-6-15-27)33-23-30(29-20-19-25-11-7-8-16-28(25)21-29)22-32-31-17-9-10-18-36(31)41-37(32)33/h1-24H. The van der Waals surface area contributed by atoms with Crippen molar-refractivity contribution in [1.82, 2.24) is 9.97 Å². The van der Waals surface area contributed by atoms with Crippen LogP contribution >= 0.6 is 0 Å². The average molecular weight is 525 g/mol. The number of benzene rings is 6. The molecule has 0 fully saturated rings. The van der Waals surface area contributed by atoms with Gasteiger partial charge in [-0.15, -0.1) is 0 Å². The summed E-state index contributed by atoms with van der Waals surface area (Å²) in [4.78, 5) is 10.1. The summed E-state index contributed by atoms with van der Waals surface area (Å²) < 4.78 is 6.53. The van der Waals surface area contributed by atoms with E-state index >= 15 is 0 Å². The molecule has 0 aliphatic heterocycles. The third-order valence-corrected chi connectivity index (χ3v) is 7.66. The van der Waals surface area contributed by atoms with Crippen LogP contribution in [0.15, 0.2) is 150 Å². The lowest BCUT2D eigenvalue weighted by atomic mass is 9.95. The van der Waals surface area contributed by atoms with E-state index in [0.717, 1.165) is 61.1 Å². The molecule has 192 valence electrons. The van der Waals surface area contributed by atoms with Crippen LogP contribution in [0.5, 0.6) is 0 Å². The van der Waals surface area contributed by atoms with Crippen molar-refractivity contribution >= 4 is 32.7 Å². The van der Waals surface area contributed by atoms with Crippen molar-refractivity contribution in [2.45, 2.75) is 0 Å². The second-order valence-corrected chi connectivity index (χ2v) is 10.3. The van der Waals surface area contributed by atoms with Gasteiger partial charge in [-0.05, 0) is 52.2 Å². The van der Waals surface area contributed by atoms with E-state index in [9.17, 15) is 0 Å². The zero-order valence-corrected chi connectivity index (χ0v) is 22.2. The van der Waals surface area contributed by atoms with E-state index in [2.05, 4.69) is 97.1 Å². The summed E-state index contributed by atoms with van der Waals surface area (Å²) in [6.45, 7) is 0. The Morgan fingerprint density at radius 3 is 1.93 bits per heavy atom. The topological polar surface area (TPSA) is 38.9 Å². The molecule has 0 unspecified atom stereocenters. The van der Waals surface area contributed by atoms with Crippen LogP contribution in [0.4, 0.5) is 0 Å². The van der Waals surface area contributed by atoms with Gasteiger partial charge in [0.2, 0.25) is 0 Å². The molecule has 2 heterocycles. The summed E-state index contributed by atoms with van der Waals surface area (Å²) in [7, 11) is 0. The third-order valence-electron chi connectivity index (χ3n) is 7.66. The number of fused-ring (bicyclic) bond motifs is 4. The van der Waals surface area contributed by atoms with Gasteiger partial charge < -0.3 is 4.42 Å². The van der Waals surface area contributed by atoms with Crippen LogP contribution in [0.1, 0.15) is 0 Å². The van der Waals surface area contributed by atoms with Crippen LogP contribution in [0.3, 0.4) is 0 Å². The first kappa shape index (κ1) is 23.4. The number of furan rings is 1. The smallest absolute Gasteiger partial charge is 0.160 e. The molecular weight excluding hydrogens is 500 g/mol. The molecule has 0 amide bonds. The van der Waals surface area contributed by atoms with Crippen LogP contribution in [0, 0.1) is 0 Å². The molecule has 3 nitrogen and oxygen atoms in total. The lowest BCUT2D eigenvalue weighted by Gasteiger charge is -2.12. The highest BCUT2D eigenvalue weighted by Crippen LogP contribution is 2.40. The fourth-order valence-electron chi connectivity index (χ4n) is 5.61. The Kier molecular flexibility index (Phi) is 5.46. The second kappa shape index (κ2) is 9.58. The highest BCUT2D eigenvalue weighted by Gasteiger charge is 2.18. The minimum atomic E-state index is 0.683. The Morgan fingerprint density at radius 1 is 0.415 bits per heavy atom. The third kappa shape index (κ3) is 4.16. The van der Waals surface area contributed by atoms with Crippen molar-refractivity contribution in [2.75, 3.05) is 0 Å². The first-order valence-electron chi connectivity index (χ1n) is 13.7. The predicted octanol–water partition coefficient (Wildman–Crippen LogP) is 10.2. The van der Waals surface area contributed by atoms with E-state index in [-0.39, 0.29) is 0 Å². The largest absolute Gasteiger partial charge is 0.455 e. The predicted molar refractivity (Wildman–Crippen MR) is 169 cm³/mol. The molecule has 2 aromatic heterocycles.